The van der Waals surface area contributed by atoms with Crippen molar-refractivity contribution in [3.63, 3.8) is 0 Å². The first-order valence-electron chi connectivity index (χ1n) is 4.50. The van der Waals surface area contributed by atoms with E-state index in [-0.39, 0.29) is 11.2 Å². The molecule has 0 atom stereocenters. The Morgan fingerprint density at radius 3 is 2.50 bits per heavy atom. The van der Waals surface area contributed by atoms with Gasteiger partial charge in [-0.2, -0.15) is 15.0 Å². The average molecular weight is 255 g/mol. The van der Waals surface area contributed by atoms with E-state index in [1.165, 1.54) is 0 Å². The lowest BCUT2D eigenvalue weighted by molar-refractivity contribution is 1.07. The van der Waals surface area contributed by atoms with Crippen LogP contribution in [-0.4, -0.2) is 15.0 Å². The summed E-state index contributed by atoms with van der Waals surface area (Å²) in [6.45, 7) is 1.90. The van der Waals surface area contributed by atoms with Crippen molar-refractivity contribution in [2.75, 3.05) is 5.73 Å². The van der Waals surface area contributed by atoms with Gasteiger partial charge in [-0.1, -0.05) is 11.6 Å². The van der Waals surface area contributed by atoms with Gasteiger partial charge in [0.1, 0.15) is 0 Å². The molecule has 0 aliphatic carbocycles. The third kappa shape index (κ3) is 2.23. The van der Waals surface area contributed by atoms with Crippen LogP contribution in [0.25, 0.3) is 11.4 Å². The minimum Gasteiger partial charge on any atom is -0.368 e. The number of hydrogen-bond acceptors (Lipinski definition) is 4. The topological polar surface area (TPSA) is 64.7 Å². The molecule has 1 aromatic carbocycles. The molecule has 82 valence electrons. The Morgan fingerprint density at radius 1 is 1.12 bits per heavy atom. The molecule has 1 heterocycles. The first kappa shape index (κ1) is 11.1. The number of hydrogen-bond donors (Lipinski definition) is 1. The number of nitrogen functional groups attached to an aromatic ring is 1. The molecular weight excluding hydrogens is 247 g/mol. The van der Waals surface area contributed by atoms with Crippen molar-refractivity contribution in [3.8, 4) is 11.4 Å². The summed E-state index contributed by atoms with van der Waals surface area (Å²) in [7, 11) is 0. The van der Waals surface area contributed by atoms with E-state index >= 15 is 0 Å². The molecule has 0 aliphatic rings. The molecule has 2 aromatic rings. The van der Waals surface area contributed by atoms with Gasteiger partial charge < -0.3 is 5.73 Å². The number of rotatable bonds is 1. The van der Waals surface area contributed by atoms with Gasteiger partial charge in [0.15, 0.2) is 5.82 Å². The SMILES string of the molecule is Cc1cc(-c2nc(N)nc(Cl)n2)ccc1Cl. The van der Waals surface area contributed by atoms with Crippen molar-refractivity contribution >= 4 is 29.2 Å². The van der Waals surface area contributed by atoms with E-state index in [4.69, 9.17) is 28.9 Å². The van der Waals surface area contributed by atoms with Crippen LogP contribution in [0.1, 0.15) is 5.56 Å². The van der Waals surface area contributed by atoms with Gasteiger partial charge in [-0.05, 0) is 42.3 Å². The van der Waals surface area contributed by atoms with Crippen molar-refractivity contribution in [2.45, 2.75) is 6.92 Å². The summed E-state index contributed by atoms with van der Waals surface area (Å²) in [5, 5.41) is 0.770. The van der Waals surface area contributed by atoms with E-state index in [1.54, 1.807) is 12.1 Å². The Bertz CT molecular complexity index is 522. The van der Waals surface area contributed by atoms with Gasteiger partial charge in [0, 0.05) is 10.6 Å². The third-order valence-corrected chi connectivity index (χ3v) is 2.63. The van der Waals surface area contributed by atoms with Gasteiger partial charge in [0.25, 0.3) is 0 Å². The molecule has 6 heteroatoms. The lowest BCUT2D eigenvalue weighted by atomic mass is 10.1. The van der Waals surface area contributed by atoms with Crippen LogP contribution in [0.2, 0.25) is 10.3 Å². The molecule has 0 aliphatic heterocycles. The van der Waals surface area contributed by atoms with Crippen molar-refractivity contribution in [1.29, 1.82) is 0 Å². The Morgan fingerprint density at radius 2 is 1.88 bits per heavy atom. The second-order valence-electron chi connectivity index (χ2n) is 3.25. The molecule has 1 aromatic heterocycles. The molecule has 0 saturated carbocycles. The van der Waals surface area contributed by atoms with Crippen LogP contribution in [0.4, 0.5) is 5.95 Å². The van der Waals surface area contributed by atoms with E-state index < -0.39 is 0 Å². The zero-order chi connectivity index (χ0) is 11.7. The molecule has 4 nitrogen and oxygen atoms in total. The van der Waals surface area contributed by atoms with Gasteiger partial charge in [-0.15, -0.1) is 0 Å². The molecule has 2 rings (SSSR count). The smallest absolute Gasteiger partial charge is 0.227 e. The minimum atomic E-state index is 0.0788. The Labute approximate surface area is 102 Å². The predicted octanol–water partition coefficient (Wildman–Crippen LogP) is 2.74. The summed E-state index contributed by atoms with van der Waals surface area (Å²) in [5.74, 6) is 0.542. The van der Waals surface area contributed by atoms with E-state index in [1.807, 2.05) is 13.0 Å². The van der Waals surface area contributed by atoms with Crippen LogP contribution in [0.3, 0.4) is 0 Å². The zero-order valence-electron chi connectivity index (χ0n) is 8.41. The molecule has 0 bridgehead atoms. The first-order valence-corrected chi connectivity index (χ1v) is 5.25. The van der Waals surface area contributed by atoms with Crippen molar-refractivity contribution < 1.29 is 0 Å². The summed E-state index contributed by atoms with van der Waals surface area (Å²) in [6, 6.07) is 5.45. The molecule has 0 spiro atoms. The van der Waals surface area contributed by atoms with Gasteiger partial charge in [-0.3, -0.25) is 0 Å². The maximum absolute atomic E-state index is 5.93. The highest BCUT2D eigenvalue weighted by atomic mass is 35.5. The normalized spacial score (nSPS) is 10.4. The standard InChI is InChI=1S/C10H8Cl2N4/c1-5-4-6(2-3-7(5)11)8-14-9(12)16-10(13)15-8/h2-4H,1H3,(H2,13,14,15,16). The molecule has 0 unspecified atom stereocenters. The van der Waals surface area contributed by atoms with Crippen LogP contribution in [0.15, 0.2) is 18.2 Å². The second-order valence-corrected chi connectivity index (χ2v) is 4.00. The Balaban J connectivity index is 2.54. The van der Waals surface area contributed by atoms with Gasteiger partial charge >= 0.3 is 0 Å². The van der Waals surface area contributed by atoms with Gasteiger partial charge in [0.05, 0.1) is 0 Å². The molecule has 0 radical (unpaired) electrons. The maximum atomic E-state index is 5.93. The van der Waals surface area contributed by atoms with E-state index in [9.17, 15) is 0 Å². The fourth-order valence-corrected chi connectivity index (χ4v) is 1.56. The van der Waals surface area contributed by atoms with Crippen LogP contribution in [-0.2, 0) is 0 Å². The summed E-state index contributed by atoms with van der Waals surface area (Å²) < 4.78 is 0. The van der Waals surface area contributed by atoms with Crippen molar-refractivity contribution in [3.05, 3.63) is 34.1 Å². The number of halogens is 2. The van der Waals surface area contributed by atoms with E-state index in [0.29, 0.717) is 10.8 Å². The van der Waals surface area contributed by atoms with E-state index in [0.717, 1.165) is 11.1 Å². The fourth-order valence-electron chi connectivity index (χ4n) is 1.28. The predicted molar refractivity (Wildman–Crippen MR) is 64.4 cm³/mol. The minimum absolute atomic E-state index is 0.0788. The third-order valence-electron chi connectivity index (χ3n) is 2.04. The number of benzene rings is 1. The number of nitrogens with two attached hydrogens (primary N) is 1. The number of aromatic nitrogens is 3. The molecular formula is C10H8Cl2N4. The van der Waals surface area contributed by atoms with Gasteiger partial charge in [-0.25, -0.2) is 0 Å². The Kier molecular flexibility index (Phi) is 2.94. The lowest BCUT2D eigenvalue weighted by Gasteiger charge is -2.03. The molecule has 0 amide bonds. The van der Waals surface area contributed by atoms with Crippen molar-refractivity contribution in [1.82, 2.24) is 15.0 Å². The van der Waals surface area contributed by atoms with Crippen molar-refractivity contribution in [2.24, 2.45) is 0 Å². The molecule has 0 fully saturated rings. The number of anilines is 1. The van der Waals surface area contributed by atoms with E-state index in [2.05, 4.69) is 15.0 Å². The van der Waals surface area contributed by atoms with Crippen LogP contribution >= 0.6 is 23.2 Å². The largest absolute Gasteiger partial charge is 0.368 e. The van der Waals surface area contributed by atoms with Gasteiger partial charge in [0.2, 0.25) is 11.2 Å². The molecule has 2 N–H and O–H groups in total. The first-order chi connectivity index (χ1) is 7.56. The summed E-state index contributed by atoms with van der Waals surface area (Å²) in [4.78, 5) is 11.7. The molecule has 16 heavy (non-hydrogen) atoms. The highest BCUT2D eigenvalue weighted by Crippen LogP contribution is 2.23. The quantitative estimate of drug-likeness (QED) is 0.850. The average Bonchev–Trinajstić information content (AvgIpc) is 2.20. The summed E-state index contributed by atoms with van der Waals surface area (Å²) >= 11 is 11.6. The number of aryl methyl sites for hydroxylation is 1. The van der Waals surface area contributed by atoms with Crippen LogP contribution < -0.4 is 5.73 Å². The van der Waals surface area contributed by atoms with Crippen LogP contribution in [0, 0.1) is 6.92 Å². The fraction of sp³-hybridized carbons (Fsp3) is 0.100. The zero-order valence-corrected chi connectivity index (χ0v) is 9.92. The second kappa shape index (κ2) is 4.23. The van der Waals surface area contributed by atoms with Crippen LogP contribution in [0.5, 0.6) is 0 Å². The summed E-state index contributed by atoms with van der Waals surface area (Å²) in [5.41, 5.74) is 7.23. The monoisotopic (exact) mass is 254 g/mol. The number of nitrogens with zero attached hydrogens (tertiary/aromatic N) is 3. The summed E-state index contributed by atoms with van der Waals surface area (Å²) in [6.07, 6.45) is 0. The highest BCUT2D eigenvalue weighted by molar-refractivity contribution is 6.31. The Hall–Kier alpha value is -1.39. The molecule has 0 saturated heterocycles. The maximum Gasteiger partial charge on any atom is 0.227 e. The lowest BCUT2D eigenvalue weighted by Crippen LogP contribution is -2.00. The highest BCUT2D eigenvalue weighted by Gasteiger charge is 2.06.